The third-order valence-corrected chi connectivity index (χ3v) is 5.82. The Kier molecular flexibility index (Phi) is 8.65. The van der Waals surface area contributed by atoms with Crippen molar-refractivity contribution in [1.29, 1.82) is 0 Å². The topological polar surface area (TPSA) is 62.7 Å². The first-order chi connectivity index (χ1) is 14.1. The summed E-state index contributed by atoms with van der Waals surface area (Å²) in [6, 6.07) is 8.23. The van der Waals surface area contributed by atoms with Crippen LogP contribution in [0.2, 0.25) is 5.15 Å². The van der Waals surface area contributed by atoms with Crippen LogP contribution in [0.3, 0.4) is 0 Å². The highest BCUT2D eigenvalue weighted by Gasteiger charge is 2.20. The number of thioether (sulfide) groups is 1. The standard InChI is InChI=1S/C18H19ClN4OS.2C2H6/c1-23-18(24)16-13(9-15(19)21-17(16)22-23)20-12-7-6-11(8-14(12)25-2)10-4-3-5-10;2*1-2/h6-10H,3-5H2,1-2H3,(H2,20,21,22);2*1-2H3. The predicted molar refractivity (Wildman–Crippen MR) is 127 cm³/mol. The fourth-order valence-corrected chi connectivity index (χ4v) is 4.03. The second-order valence-electron chi connectivity index (χ2n) is 6.40. The molecule has 1 fully saturated rings. The number of fused-ring (bicyclic) bond motifs is 1. The highest BCUT2D eigenvalue weighted by molar-refractivity contribution is 7.98. The van der Waals surface area contributed by atoms with Gasteiger partial charge in [-0.15, -0.1) is 11.8 Å². The molecule has 1 aliphatic carbocycles. The van der Waals surface area contributed by atoms with Gasteiger partial charge in [-0.2, -0.15) is 0 Å². The first-order valence-electron chi connectivity index (χ1n) is 10.3. The second-order valence-corrected chi connectivity index (χ2v) is 7.64. The van der Waals surface area contributed by atoms with E-state index in [1.165, 1.54) is 29.5 Å². The highest BCUT2D eigenvalue weighted by Crippen LogP contribution is 2.40. The van der Waals surface area contributed by atoms with Crippen LogP contribution >= 0.6 is 23.4 Å². The SMILES string of the molecule is CC.CC.CSc1cc(C2CCC2)ccc1Nc1cc(Cl)nc2[nH]n(C)c(=O)c12. The number of hydrogen-bond donors (Lipinski definition) is 2. The first-order valence-corrected chi connectivity index (χ1v) is 11.9. The molecule has 3 aromatic rings. The quantitative estimate of drug-likeness (QED) is 0.354. The van der Waals surface area contributed by atoms with Crippen molar-refractivity contribution >= 4 is 45.8 Å². The largest absolute Gasteiger partial charge is 0.354 e. The van der Waals surface area contributed by atoms with Gasteiger partial charge in [-0.25, -0.2) is 4.98 Å². The average molecular weight is 435 g/mol. The number of aromatic amines is 1. The molecule has 5 nitrogen and oxygen atoms in total. The Bertz CT molecular complexity index is 1010. The maximum atomic E-state index is 12.4. The van der Waals surface area contributed by atoms with Crippen molar-refractivity contribution in [3.63, 3.8) is 0 Å². The summed E-state index contributed by atoms with van der Waals surface area (Å²) < 4.78 is 1.41. The fraction of sp³-hybridized carbons (Fsp3) is 0.455. The zero-order valence-electron chi connectivity index (χ0n) is 18.1. The van der Waals surface area contributed by atoms with Crippen LogP contribution in [0, 0.1) is 0 Å². The average Bonchev–Trinajstić information content (AvgIpc) is 2.98. The predicted octanol–water partition coefficient (Wildman–Crippen LogP) is 6.70. The van der Waals surface area contributed by atoms with E-state index in [-0.39, 0.29) is 5.56 Å². The van der Waals surface area contributed by atoms with E-state index in [0.717, 1.165) is 10.6 Å². The molecule has 1 saturated carbocycles. The molecule has 0 unspecified atom stereocenters. The molecule has 2 N–H and O–H groups in total. The Morgan fingerprint density at radius 1 is 1.17 bits per heavy atom. The van der Waals surface area contributed by atoms with Crippen LogP contribution in [0.5, 0.6) is 0 Å². The summed E-state index contributed by atoms with van der Waals surface area (Å²) in [6.45, 7) is 8.00. The van der Waals surface area contributed by atoms with Crippen LogP contribution in [-0.4, -0.2) is 21.0 Å². The minimum atomic E-state index is -0.126. The number of benzene rings is 1. The highest BCUT2D eigenvalue weighted by atomic mass is 35.5. The molecule has 1 aromatic carbocycles. The molecule has 1 aliphatic rings. The van der Waals surface area contributed by atoms with Crippen molar-refractivity contribution in [2.45, 2.75) is 57.8 Å². The van der Waals surface area contributed by atoms with E-state index in [4.69, 9.17) is 11.6 Å². The number of aromatic nitrogens is 3. The van der Waals surface area contributed by atoms with Gasteiger partial charge >= 0.3 is 0 Å². The zero-order valence-corrected chi connectivity index (χ0v) is 19.7. The molecule has 7 heteroatoms. The molecule has 158 valence electrons. The van der Waals surface area contributed by atoms with Gasteiger partial charge in [-0.1, -0.05) is 51.8 Å². The number of pyridine rings is 1. The number of anilines is 2. The van der Waals surface area contributed by atoms with Gasteiger partial charge in [0.15, 0.2) is 5.65 Å². The molecule has 0 aliphatic heterocycles. The van der Waals surface area contributed by atoms with Gasteiger partial charge in [-0.05, 0) is 48.8 Å². The molecule has 0 saturated heterocycles. The number of aryl methyl sites for hydroxylation is 1. The van der Waals surface area contributed by atoms with E-state index in [1.54, 1.807) is 24.9 Å². The zero-order chi connectivity index (χ0) is 21.6. The Balaban J connectivity index is 0.000000707. The number of nitrogens with zero attached hydrogens (tertiary/aromatic N) is 2. The lowest BCUT2D eigenvalue weighted by Gasteiger charge is -2.26. The third-order valence-electron chi connectivity index (χ3n) is 4.85. The van der Waals surface area contributed by atoms with Crippen LogP contribution in [0.25, 0.3) is 11.0 Å². The Morgan fingerprint density at radius 2 is 1.86 bits per heavy atom. The normalized spacial score (nSPS) is 13.1. The van der Waals surface area contributed by atoms with Crippen LogP contribution < -0.4 is 10.9 Å². The van der Waals surface area contributed by atoms with Gasteiger partial charge < -0.3 is 5.32 Å². The molecule has 0 amide bonds. The molecule has 0 spiro atoms. The van der Waals surface area contributed by atoms with Crippen molar-refractivity contribution in [3.8, 4) is 0 Å². The first kappa shape index (κ1) is 23.4. The lowest BCUT2D eigenvalue weighted by molar-refractivity contribution is 0.419. The lowest BCUT2D eigenvalue weighted by Crippen LogP contribution is -2.12. The fourth-order valence-electron chi connectivity index (χ4n) is 3.24. The van der Waals surface area contributed by atoms with Gasteiger partial charge in [0.25, 0.3) is 5.56 Å². The van der Waals surface area contributed by atoms with E-state index in [9.17, 15) is 4.79 Å². The molecular formula is C22H31ClN4OS. The summed E-state index contributed by atoms with van der Waals surface area (Å²) in [5, 5.41) is 7.17. The van der Waals surface area contributed by atoms with E-state index < -0.39 is 0 Å². The van der Waals surface area contributed by atoms with Crippen LogP contribution in [0.15, 0.2) is 34.0 Å². The van der Waals surface area contributed by atoms with E-state index in [2.05, 4.69) is 39.9 Å². The lowest BCUT2D eigenvalue weighted by atomic mass is 9.80. The van der Waals surface area contributed by atoms with E-state index in [0.29, 0.717) is 27.8 Å². The summed E-state index contributed by atoms with van der Waals surface area (Å²) in [4.78, 5) is 17.8. The summed E-state index contributed by atoms with van der Waals surface area (Å²) >= 11 is 7.83. The van der Waals surface area contributed by atoms with Gasteiger partial charge in [0.2, 0.25) is 0 Å². The minimum absolute atomic E-state index is 0.126. The van der Waals surface area contributed by atoms with Crippen molar-refractivity contribution in [3.05, 3.63) is 45.3 Å². The second kappa shape index (κ2) is 10.7. The molecule has 2 aromatic heterocycles. The number of H-pyrrole nitrogens is 1. The molecule has 4 rings (SSSR count). The molecule has 2 heterocycles. The summed E-state index contributed by atoms with van der Waals surface area (Å²) in [7, 11) is 1.67. The Labute approximate surface area is 182 Å². The van der Waals surface area contributed by atoms with Gasteiger partial charge in [-0.3, -0.25) is 14.6 Å². The number of rotatable bonds is 4. The summed E-state index contributed by atoms with van der Waals surface area (Å²) in [6.07, 6.45) is 5.94. The monoisotopic (exact) mass is 434 g/mol. The van der Waals surface area contributed by atoms with Crippen LogP contribution in [0.1, 0.15) is 58.4 Å². The maximum absolute atomic E-state index is 12.4. The van der Waals surface area contributed by atoms with Gasteiger partial charge in [0.05, 0.1) is 11.4 Å². The molecular weight excluding hydrogens is 404 g/mol. The molecule has 0 atom stereocenters. The molecule has 0 bridgehead atoms. The Hall–Kier alpha value is -1.92. The minimum Gasteiger partial charge on any atom is -0.354 e. The van der Waals surface area contributed by atoms with Gasteiger partial charge in [0.1, 0.15) is 10.5 Å². The summed E-state index contributed by atoms with van der Waals surface area (Å²) in [5.74, 6) is 0.694. The maximum Gasteiger partial charge on any atom is 0.277 e. The smallest absolute Gasteiger partial charge is 0.277 e. The summed E-state index contributed by atoms with van der Waals surface area (Å²) in [5.41, 5.74) is 3.40. The molecule has 29 heavy (non-hydrogen) atoms. The number of nitrogens with one attached hydrogen (secondary N) is 2. The third kappa shape index (κ3) is 4.98. The van der Waals surface area contributed by atoms with E-state index in [1.807, 2.05) is 27.7 Å². The van der Waals surface area contributed by atoms with Crippen LogP contribution in [0.4, 0.5) is 11.4 Å². The molecule has 0 radical (unpaired) electrons. The Morgan fingerprint density at radius 3 is 2.45 bits per heavy atom. The van der Waals surface area contributed by atoms with Crippen molar-refractivity contribution in [2.75, 3.05) is 11.6 Å². The van der Waals surface area contributed by atoms with Crippen molar-refractivity contribution in [1.82, 2.24) is 14.8 Å². The van der Waals surface area contributed by atoms with Crippen molar-refractivity contribution in [2.24, 2.45) is 7.05 Å². The number of hydrogen-bond acceptors (Lipinski definition) is 4. The van der Waals surface area contributed by atoms with Gasteiger partial charge in [0, 0.05) is 11.9 Å². The number of halogens is 1. The van der Waals surface area contributed by atoms with Crippen molar-refractivity contribution < 1.29 is 0 Å². The van der Waals surface area contributed by atoms with Crippen LogP contribution in [-0.2, 0) is 7.05 Å². The van der Waals surface area contributed by atoms with E-state index >= 15 is 0 Å².